The van der Waals surface area contributed by atoms with Gasteiger partial charge in [0, 0.05) is 30.3 Å². The number of Topliss-reactive ketones (excluding diaryl/α,β-unsaturated/α-hetero) is 1. The number of ketones is 1. The van der Waals surface area contributed by atoms with Crippen LogP contribution in [-0.2, 0) is 9.59 Å². The highest BCUT2D eigenvalue weighted by atomic mass is 33.1. The Morgan fingerprint density at radius 1 is 1.36 bits per heavy atom. The second kappa shape index (κ2) is 13.9. The van der Waals surface area contributed by atoms with Crippen molar-refractivity contribution < 1.29 is 11.0 Å². The fourth-order valence-corrected chi connectivity index (χ4v) is 5.65. The quantitative estimate of drug-likeness (QED) is 0.161. The van der Waals surface area contributed by atoms with Crippen molar-refractivity contribution in [3.8, 4) is 0 Å². The van der Waals surface area contributed by atoms with E-state index < -0.39 is 6.26 Å². The van der Waals surface area contributed by atoms with E-state index in [1.54, 1.807) is 21.6 Å². The molecule has 0 spiro atoms. The summed E-state index contributed by atoms with van der Waals surface area (Å²) in [5.41, 5.74) is 0. The standard InChI is InChI=1S/C17H33O2PS2/c1-5-17(4,6-2)20-13-7-9-16(19)11-10-15(3)22-21-14-8-12-18/h12,15,20H,5-11,13-14H2,1-4H3/i12D. The molecule has 0 fully saturated rings. The van der Waals surface area contributed by atoms with Crippen molar-refractivity contribution in [1.29, 1.82) is 0 Å². The van der Waals surface area contributed by atoms with E-state index in [4.69, 9.17) is 1.37 Å². The van der Waals surface area contributed by atoms with Crippen LogP contribution in [-0.4, -0.2) is 34.4 Å². The molecule has 0 N–H and O–H groups in total. The van der Waals surface area contributed by atoms with E-state index in [2.05, 4.69) is 27.7 Å². The maximum Gasteiger partial charge on any atom is 0.132 e. The smallest absolute Gasteiger partial charge is 0.132 e. The lowest BCUT2D eigenvalue weighted by molar-refractivity contribution is -0.119. The Labute approximate surface area is 148 Å². The third-order valence-electron chi connectivity index (χ3n) is 4.09. The molecule has 0 amide bonds. The molecular formula is C17H33O2PS2. The average molecular weight is 366 g/mol. The number of aldehydes is 1. The van der Waals surface area contributed by atoms with Crippen LogP contribution < -0.4 is 0 Å². The van der Waals surface area contributed by atoms with E-state index in [0.29, 0.717) is 34.8 Å². The van der Waals surface area contributed by atoms with Gasteiger partial charge in [0.15, 0.2) is 0 Å². The van der Waals surface area contributed by atoms with Gasteiger partial charge in [-0.2, -0.15) is 0 Å². The first-order valence-electron chi connectivity index (χ1n) is 8.87. The van der Waals surface area contributed by atoms with Crippen molar-refractivity contribution in [2.45, 2.75) is 83.0 Å². The number of hydrogen-bond acceptors (Lipinski definition) is 4. The lowest BCUT2D eigenvalue weighted by Gasteiger charge is -2.26. The molecular weight excluding hydrogens is 331 g/mol. The van der Waals surface area contributed by atoms with Crippen molar-refractivity contribution in [3.05, 3.63) is 0 Å². The molecule has 5 heteroatoms. The summed E-state index contributed by atoms with van der Waals surface area (Å²) in [6, 6.07) is 0. The molecule has 0 radical (unpaired) electrons. The van der Waals surface area contributed by atoms with E-state index in [1.807, 2.05) is 0 Å². The predicted octanol–water partition coefficient (Wildman–Crippen LogP) is 5.73. The summed E-state index contributed by atoms with van der Waals surface area (Å²) in [5, 5.41) is 0.904. The van der Waals surface area contributed by atoms with E-state index in [0.717, 1.165) is 27.8 Å². The Morgan fingerprint density at radius 2 is 2.05 bits per heavy atom. The largest absolute Gasteiger partial charge is 0.303 e. The average Bonchev–Trinajstić information content (AvgIpc) is 2.53. The zero-order chi connectivity index (χ0) is 17.7. The van der Waals surface area contributed by atoms with Crippen LogP contribution in [0.4, 0.5) is 0 Å². The summed E-state index contributed by atoms with van der Waals surface area (Å²) in [6.45, 7) is 9.01. The van der Waals surface area contributed by atoms with Crippen molar-refractivity contribution in [2.24, 2.45) is 0 Å². The maximum atomic E-state index is 11.9. The topological polar surface area (TPSA) is 34.1 Å². The first-order chi connectivity index (χ1) is 10.8. The van der Waals surface area contributed by atoms with Gasteiger partial charge in [-0.15, -0.1) is 8.58 Å². The monoisotopic (exact) mass is 365 g/mol. The fraction of sp³-hybridized carbons (Fsp3) is 0.882. The Kier molecular flexibility index (Phi) is 12.9. The first kappa shape index (κ1) is 20.5. The van der Waals surface area contributed by atoms with Gasteiger partial charge in [0.25, 0.3) is 0 Å². The van der Waals surface area contributed by atoms with Gasteiger partial charge in [-0.3, -0.25) is 4.79 Å². The highest BCUT2D eigenvalue weighted by Crippen LogP contribution is 2.38. The summed E-state index contributed by atoms with van der Waals surface area (Å²) < 4.78 is 6.84. The number of carbonyl (C=O) groups is 2. The van der Waals surface area contributed by atoms with Gasteiger partial charge in [0.2, 0.25) is 0 Å². The second-order valence-electron chi connectivity index (χ2n) is 6.00. The molecule has 0 saturated heterocycles. The fourth-order valence-electron chi connectivity index (χ4n) is 1.96. The van der Waals surface area contributed by atoms with E-state index in [1.165, 1.54) is 19.0 Å². The summed E-state index contributed by atoms with van der Waals surface area (Å²) in [4.78, 5) is 22.5. The van der Waals surface area contributed by atoms with Crippen LogP contribution >= 0.6 is 30.2 Å². The third-order valence-corrected chi connectivity index (χ3v) is 9.22. The molecule has 0 aliphatic rings. The van der Waals surface area contributed by atoms with E-state index in [-0.39, 0.29) is 0 Å². The highest BCUT2D eigenvalue weighted by molar-refractivity contribution is 8.76. The first-order valence-corrected chi connectivity index (χ1v) is 12.0. The molecule has 0 aromatic carbocycles. The van der Waals surface area contributed by atoms with Crippen LogP contribution in [0.25, 0.3) is 0 Å². The molecule has 0 heterocycles. The summed E-state index contributed by atoms with van der Waals surface area (Å²) in [6.07, 6.45) is 6.82. The van der Waals surface area contributed by atoms with Gasteiger partial charge in [-0.25, -0.2) is 0 Å². The van der Waals surface area contributed by atoms with Gasteiger partial charge >= 0.3 is 0 Å². The molecule has 0 aromatic rings. The molecule has 2 atom stereocenters. The van der Waals surface area contributed by atoms with Crippen molar-refractivity contribution in [2.75, 3.05) is 11.9 Å². The maximum absolute atomic E-state index is 11.9. The third kappa shape index (κ3) is 12.0. The van der Waals surface area contributed by atoms with Crippen molar-refractivity contribution in [3.63, 3.8) is 0 Å². The predicted molar refractivity (Wildman–Crippen MR) is 106 cm³/mol. The molecule has 22 heavy (non-hydrogen) atoms. The molecule has 0 aliphatic heterocycles. The van der Waals surface area contributed by atoms with Crippen molar-refractivity contribution >= 4 is 42.2 Å². The Morgan fingerprint density at radius 3 is 2.64 bits per heavy atom. The Hall–Kier alpha value is 0.470. The van der Waals surface area contributed by atoms with Crippen LogP contribution in [0.1, 0.15) is 74.0 Å². The summed E-state index contributed by atoms with van der Waals surface area (Å²) in [5.74, 6) is 1.09. The van der Waals surface area contributed by atoms with Crippen LogP contribution in [0.2, 0.25) is 0 Å². The molecule has 0 bridgehead atoms. The Bertz CT molecular complexity index is 349. The zero-order valence-electron chi connectivity index (χ0n) is 15.6. The molecule has 130 valence electrons. The molecule has 2 nitrogen and oxygen atoms in total. The Balaban J connectivity index is 3.65. The molecule has 0 saturated carbocycles. The minimum Gasteiger partial charge on any atom is -0.303 e. The van der Waals surface area contributed by atoms with Crippen LogP contribution in [0, 0.1) is 0 Å². The molecule has 0 aromatic heterocycles. The van der Waals surface area contributed by atoms with E-state index in [9.17, 15) is 9.59 Å². The normalized spacial score (nSPS) is 14.3. The SMILES string of the molecule is [2H]C(=O)CCSSC(C)CCC(=O)CCCPC(C)(CC)CC. The summed E-state index contributed by atoms with van der Waals surface area (Å²) >= 11 is 0. The number of carbonyl (C=O) groups excluding carboxylic acids is 2. The van der Waals surface area contributed by atoms with Crippen LogP contribution in [0.5, 0.6) is 0 Å². The van der Waals surface area contributed by atoms with Crippen molar-refractivity contribution in [1.82, 2.24) is 0 Å². The minimum absolute atomic E-state index is 0.318. The molecule has 0 aliphatic carbocycles. The second-order valence-corrected chi connectivity index (χ2v) is 11.0. The minimum atomic E-state index is -0.496. The lowest BCUT2D eigenvalue weighted by atomic mass is 10.1. The molecule has 2 unspecified atom stereocenters. The lowest BCUT2D eigenvalue weighted by Crippen LogP contribution is -2.16. The van der Waals surface area contributed by atoms with Gasteiger partial charge in [-0.1, -0.05) is 49.3 Å². The highest BCUT2D eigenvalue weighted by Gasteiger charge is 2.18. The van der Waals surface area contributed by atoms with Gasteiger partial charge in [0.1, 0.15) is 13.4 Å². The number of rotatable bonds is 15. The van der Waals surface area contributed by atoms with Gasteiger partial charge in [0.05, 0.1) is 0 Å². The zero-order valence-corrected chi connectivity index (χ0v) is 17.2. The van der Waals surface area contributed by atoms with Crippen LogP contribution in [0.15, 0.2) is 0 Å². The molecule has 0 rings (SSSR count). The van der Waals surface area contributed by atoms with E-state index >= 15 is 0 Å². The number of hydrogen-bond donors (Lipinski definition) is 0. The van der Waals surface area contributed by atoms with Gasteiger partial charge in [-0.05, 0) is 37.0 Å². The van der Waals surface area contributed by atoms with Crippen LogP contribution in [0.3, 0.4) is 0 Å². The summed E-state index contributed by atoms with van der Waals surface area (Å²) in [7, 11) is 4.33. The van der Waals surface area contributed by atoms with Gasteiger partial charge < -0.3 is 4.79 Å².